The average molecular weight is 496 g/mol. The summed E-state index contributed by atoms with van der Waals surface area (Å²) in [5.74, 6) is 0.257. The van der Waals surface area contributed by atoms with Crippen LogP contribution in [0.15, 0.2) is 82.4 Å². The predicted octanol–water partition coefficient (Wildman–Crippen LogP) is 3.44. The number of aromatic amines is 1. The number of aromatic nitrogens is 4. The van der Waals surface area contributed by atoms with Gasteiger partial charge in [0.05, 0.1) is 17.1 Å². The fraction of sp³-hybridized carbons (Fsp3) is 0.241. The van der Waals surface area contributed by atoms with E-state index < -0.39 is 17.4 Å². The van der Waals surface area contributed by atoms with Gasteiger partial charge in [0, 0.05) is 26.2 Å². The van der Waals surface area contributed by atoms with Crippen molar-refractivity contribution in [3.63, 3.8) is 0 Å². The normalized spacial score (nSPS) is 12.4. The summed E-state index contributed by atoms with van der Waals surface area (Å²) in [6, 6.07) is 23.7. The zero-order chi connectivity index (χ0) is 25.9. The summed E-state index contributed by atoms with van der Waals surface area (Å²) < 4.78 is 1.90. The molecule has 8 nitrogen and oxygen atoms in total. The van der Waals surface area contributed by atoms with Gasteiger partial charge >= 0.3 is 5.69 Å². The average Bonchev–Trinajstić information content (AvgIpc) is 2.89. The highest BCUT2D eigenvalue weighted by atomic mass is 16.3. The minimum absolute atomic E-state index is 0.134. The Morgan fingerprint density at radius 3 is 2.35 bits per heavy atom. The summed E-state index contributed by atoms with van der Waals surface area (Å²) in [7, 11) is 0. The van der Waals surface area contributed by atoms with Crippen molar-refractivity contribution in [2.24, 2.45) is 0 Å². The Morgan fingerprint density at radius 1 is 0.946 bits per heavy atom. The lowest BCUT2D eigenvalue weighted by Gasteiger charge is -2.27. The quantitative estimate of drug-likeness (QED) is 0.320. The van der Waals surface area contributed by atoms with E-state index in [4.69, 9.17) is 0 Å². The maximum Gasteiger partial charge on any atom is 0.349 e. The molecule has 0 amide bonds. The third-order valence-corrected chi connectivity index (χ3v) is 6.73. The number of nitrogens with one attached hydrogen (secondary N) is 1. The van der Waals surface area contributed by atoms with Gasteiger partial charge in [-0.2, -0.15) is 4.98 Å². The van der Waals surface area contributed by atoms with Gasteiger partial charge in [-0.05, 0) is 48.2 Å². The Hall–Kier alpha value is -4.14. The van der Waals surface area contributed by atoms with Crippen LogP contribution in [0.1, 0.15) is 28.4 Å². The van der Waals surface area contributed by atoms with Crippen molar-refractivity contribution >= 4 is 11.0 Å². The SMILES string of the molecule is Cc1cc2nc3c(=O)[nH]c(=O)nc-3n(CCN(Cc3ccccc3)CC(O)c3ccccc3)c2cc1C. The second kappa shape index (κ2) is 10.5. The fourth-order valence-corrected chi connectivity index (χ4v) is 4.62. The van der Waals surface area contributed by atoms with Crippen LogP contribution in [0.3, 0.4) is 0 Å². The molecule has 3 aromatic rings. The Balaban J connectivity index is 1.53. The van der Waals surface area contributed by atoms with E-state index in [0.29, 0.717) is 31.7 Å². The molecule has 0 saturated carbocycles. The molecule has 0 saturated heterocycles. The van der Waals surface area contributed by atoms with Gasteiger partial charge in [0.2, 0.25) is 0 Å². The number of fused-ring (bicyclic) bond motifs is 2. The molecule has 5 rings (SSSR count). The maximum absolute atomic E-state index is 12.6. The third-order valence-electron chi connectivity index (χ3n) is 6.73. The number of H-pyrrole nitrogens is 1. The molecule has 1 unspecified atom stereocenters. The van der Waals surface area contributed by atoms with Gasteiger partial charge in [0.1, 0.15) is 0 Å². The first-order valence-corrected chi connectivity index (χ1v) is 12.3. The Bertz CT molecular complexity index is 1610. The molecule has 0 radical (unpaired) electrons. The zero-order valence-corrected chi connectivity index (χ0v) is 20.9. The van der Waals surface area contributed by atoms with E-state index in [1.807, 2.05) is 79.1 Å². The molecule has 2 heterocycles. The molecule has 0 spiro atoms. The lowest BCUT2D eigenvalue weighted by atomic mass is 10.1. The number of aryl methyl sites for hydroxylation is 2. The number of hydrogen-bond acceptors (Lipinski definition) is 6. The Morgan fingerprint density at radius 2 is 1.62 bits per heavy atom. The lowest BCUT2D eigenvalue weighted by Crippen LogP contribution is -2.33. The van der Waals surface area contributed by atoms with E-state index in [1.54, 1.807) is 0 Å². The molecule has 2 aliphatic rings. The van der Waals surface area contributed by atoms with Gasteiger partial charge in [-0.25, -0.2) is 9.78 Å². The van der Waals surface area contributed by atoms with Crippen molar-refractivity contribution in [2.45, 2.75) is 33.0 Å². The Kier molecular flexibility index (Phi) is 6.94. The molecule has 2 aliphatic heterocycles. The van der Waals surface area contributed by atoms with Crippen molar-refractivity contribution in [3.05, 3.63) is 116 Å². The first-order chi connectivity index (χ1) is 17.9. The summed E-state index contributed by atoms with van der Waals surface area (Å²) in [4.78, 5) is 37.8. The Labute approximate surface area is 214 Å². The van der Waals surface area contributed by atoms with Crippen LogP contribution in [0.2, 0.25) is 0 Å². The second-order valence-electron chi connectivity index (χ2n) is 9.38. The standard InChI is InChI=1S/C29H29N5O3/c1-19-15-23-24(16-20(19)2)34(27-26(30-23)28(36)32-29(37)31-27)14-13-33(17-21-9-5-3-6-10-21)18-25(35)22-11-7-4-8-12-22/h3-12,15-16,25,35H,13-14,17-18H2,1-2H3,(H,32,36,37). The molecule has 0 fully saturated rings. The minimum Gasteiger partial charge on any atom is -0.387 e. The van der Waals surface area contributed by atoms with Crippen LogP contribution in [-0.2, 0) is 13.1 Å². The molecule has 0 aliphatic carbocycles. The summed E-state index contributed by atoms with van der Waals surface area (Å²) in [6.45, 7) is 6.06. The lowest BCUT2D eigenvalue weighted by molar-refractivity contribution is 0.107. The summed E-state index contributed by atoms with van der Waals surface area (Å²) >= 11 is 0. The predicted molar refractivity (Wildman–Crippen MR) is 144 cm³/mol. The van der Waals surface area contributed by atoms with E-state index in [2.05, 4.69) is 32.0 Å². The van der Waals surface area contributed by atoms with Crippen molar-refractivity contribution in [1.82, 2.24) is 24.4 Å². The van der Waals surface area contributed by atoms with E-state index in [1.165, 1.54) is 0 Å². The number of aliphatic hydroxyl groups excluding tert-OH is 1. The molecule has 188 valence electrons. The highest BCUT2D eigenvalue weighted by Gasteiger charge is 2.21. The van der Waals surface area contributed by atoms with Crippen LogP contribution in [0.4, 0.5) is 0 Å². The van der Waals surface area contributed by atoms with E-state index >= 15 is 0 Å². The van der Waals surface area contributed by atoms with Crippen molar-refractivity contribution in [2.75, 3.05) is 13.1 Å². The van der Waals surface area contributed by atoms with Crippen LogP contribution < -0.4 is 11.2 Å². The van der Waals surface area contributed by atoms with Gasteiger partial charge in [-0.1, -0.05) is 60.7 Å². The van der Waals surface area contributed by atoms with Crippen LogP contribution in [0.5, 0.6) is 0 Å². The number of nitrogens with zero attached hydrogens (tertiary/aromatic N) is 4. The second-order valence-corrected chi connectivity index (χ2v) is 9.38. The molecule has 0 aromatic heterocycles. The van der Waals surface area contributed by atoms with Gasteiger partial charge in [0.25, 0.3) is 5.56 Å². The highest BCUT2D eigenvalue weighted by Crippen LogP contribution is 2.24. The largest absolute Gasteiger partial charge is 0.387 e. The van der Waals surface area contributed by atoms with Gasteiger partial charge in [0.15, 0.2) is 11.5 Å². The first kappa shape index (κ1) is 24.5. The van der Waals surface area contributed by atoms with Gasteiger partial charge in [-0.15, -0.1) is 0 Å². The monoisotopic (exact) mass is 495 g/mol. The molecule has 2 N–H and O–H groups in total. The molecule has 37 heavy (non-hydrogen) atoms. The maximum atomic E-state index is 12.6. The number of hydrogen-bond donors (Lipinski definition) is 2. The fourth-order valence-electron chi connectivity index (χ4n) is 4.62. The molecular weight excluding hydrogens is 466 g/mol. The molecule has 0 bridgehead atoms. The minimum atomic E-state index is -0.697. The summed E-state index contributed by atoms with van der Waals surface area (Å²) in [5, 5.41) is 11.0. The molecule has 8 heteroatoms. The zero-order valence-electron chi connectivity index (χ0n) is 20.9. The van der Waals surface area contributed by atoms with Crippen LogP contribution >= 0.6 is 0 Å². The van der Waals surface area contributed by atoms with Crippen LogP contribution in [0.25, 0.3) is 22.6 Å². The summed E-state index contributed by atoms with van der Waals surface area (Å²) in [6.07, 6.45) is -0.667. The van der Waals surface area contributed by atoms with Crippen LogP contribution in [-0.4, -0.2) is 42.6 Å². The topological polar surface area (TPSA) is 104 Å². The number of aliphatic hydroxyl groups is 1. The smallest absolute Gasteiger partial charge is 0.349 e. The van der Waals surface area contributed by atoms with Crippen molar-refractivity contribution in [1.29, 1.82) is 0 Å². The van der Waals surface area contributed by atoms with Crippen molar-refractivity contribution in [3.8, 4) is 11.5 Å². The van der Waals surface area contributed by atoms with Gasteiger partial charge < -0.3 is 9.67 Å². The molecule has 3 aromatic carbocycles. The van der Waals surface area contributed by atoms with E-state index in [-0.39, 0.29) is 11.5 Å². The number of benzene rings is 3. The van der Waals surface area contributed by atoms with Crippen molar-refractivity contribution < 1.29 is 5.11 Å². The van der Waals surface area contributed by atoms with E-state index in [0.717, 1.165) is 27.8 Å². The number of rotatable bonds is 8. The van der Waals surface area contributed by atoms with E-state index in [9.17, 15) is 14.7 Å². The highest BCUT2D eigenvalue weighted by molar-refractivity contribution is 5.81. The van der Waals surface area contributed by atoms with Gasteiger partial charge in [-0.3, -0.25) is 14.7 Å². The third kappa shape index (κ3) is 5.35. The molecule has 1 atom stereocenters. The first-order valence-electron chi connectivity index (χ1n) is 12.3. The van der Waals surface area contributed by atoms with Crippen LogP contribution in [0, 0.1) is 13.8 Å². The molecular formula is C29H29N5O3. The summed E-state index contributed by atoms with van der Waals surface area (Å²) in [5.41, 5.74) is 4.47.